The average Bonchev–Trinajstić information content (AvgIpc) is 3.17. The standard InChI is InChI=1S/C27H29N3O5S/c1-3-28-27(33)19-10-11-20(24(14-19)29-36(34,35)22-12-8-18(2)9-13-22)16-30-17-21(15-26(31)32)23-6-4-5-7-25(23)30/h4-14,21,29H,3,15-17H2,1-2H3,(H,28,33)(H,31,32). The Balaban J connectivity index is 1.69. The Kier molecular flexibility index (Phi) is 7.30. The molecule has 3 aromatic carbocycles. The zero-order chi connectivity index (χ0) is 25.9. The molecule has 0 fully saturated rings. The van der Waals surface area contributed by atoms with Crippen LogP contribution in [0.4, 0.5) is 11.4 Å². The van der Waals surface area contributed by atoms with E-state index in [4.69, 9.17) is 0 Å². The molecule has 4 rings (SSSR count). The quantitative estimate of drug-likeness (QED) is 0.401. The molecule has 36 heavy (non-hydrogen) atoms. The highest BCUT2D eigenvalue weighted by Gasteiger charge is 2.30. The number of amides is 1. The van der Waals surface area contributed by atoms with Crippen molar-refractivity contribution in [2.24, 2.45) is 0 Å². The fourth-order valence-corrected chi connectivity index (χ4v) is 5.55. The summed E-state index contributed by atoms with van der Waals surface area (Å²) in [4.78, 5) is 26.1. The lowest BCUT2D eigenvalue weighted by Gasteiger charge is -2.23. The van der Waals surface area contributed by atoms with E-state index in [1.807, 2.05) is 43.0 Å². The van der Waals surface area contributed by atoms with Crippen LogP contribution in [0, 0.1) is 6.92 Å². The Morgan fingerprint density at radius 3 is 2.47 bits per heavy atom. The fraction of sp³-hybridized carbons (Fsp3) is 0.259. The minimum absolute atomic E-state index is 0.0105. The molecule has 0 aliphatic carbocycles. The van der Waals surface area contributed by atoms with Crippen LogP contribution >= 0.6 is 0 Å². The van der Waals surface area contributed by atoms with Gasteiger partial charge in [0.05, 0.1) is 17.0 Å². The molecule has 8 nitrogen and oxygen atoms in total. The van der Waals surface area contributed by atoms with E-state index in [0.29, 0.717) is 36.4 Å². The molecule has 0 saturated carbocycles. The van der Waals surface area contributed by atoms with E-state index in [2.05, 4.69) is 10.0 Å². The smallest absolute Gasteiger partial charge is 0.304 e. The number of carboxylic acid groups (broad SMARTS) is 1. The Hall–Kier alpha value is -3.85. The van der Waals surface area contributed by atoms with Crippen molar-refractivity contribution in [3.63, 3.8) is 0 Å². The Bertz CT molecular complexity index is 1390. The molecule has 1 amide bonds. The first kappa shape index (κ1) is 25.2. The lowest BCUT2D eigenvalue weighted by molar-refractivity contribution is -0.137. The van der Waals surface area contributed by atoms with Crippen LogP contribution in [-0.2, 0) is 21.4 Å². The van der Waals surface area contributed by atoms with E-state index in [0.717, 1.165) is 16.8 Å². The maximum Gasteiger partial charge on any atom is 0.304 e. The third-order valence-corrected chi connectivity index (χ3v) is 7.61. The molecule has 1 unspecified atom stereocenters. The number of carboxylic acids is 1. The third-order valence-electron chi connectivity index (χ3n) is 6.23. The van der Waals surface area contributed by atoms with E-state index in [-0.39, 0.29) is 23.1 Å². The minimum atomic E-state index is -3.91. The second-order valence-corrected chi connectivity index (χ2v) is 10.6. The van der Waals surface area contributed by atoms with E-state index in [9.17, 15) is 23.1 Å². The maximum absolute atomic E-state index is 13.2. The predicted molar refractivity (Wildman–Crippen MR) is 139 cm³/mol. The molecular formula is C27H29N3O5S. The van der Waals surface area contributed by atoms with Gasteiger partial charge in [0, 0.05) is 36.8 Å². The summed E-state index contributed by atoms with van der Waals surface area (Å²) < 4.78 is 29.1. The SMILES string of the molecule is CCNC(=O)c1ccc(CN2CC(CC(=O)O)c3ccccc32)c(NS(=O)(=O)c2ccc(C)cc2)c1. The van der Waals surface area contributed by atoms with Gasteiger partial charge in [-0.2, -0.15) is 0 Å². The summed E-state index contributed by atoms with van der Waals surface area (Å²) in [5.41, 5.74) is 4.14. The van der Waals surface area contributed by atoms with Crippen molar-refractivity contribution in [2.75, 3.05) is 22.7 Å². The van der Waals surface area contributed by atoms with Gasteiger partial charge in [-0.25, -0.2) is 8.42 Å². The molecule has 188 valence electrons. The van der Waals surface area contributed by atoms with Crippen molar-refractivity contribution in [2.45, 2.75) is 37.6 Å². The summed E-state index contributed by atoms with van der Waals surface area (Å²) in [6.07, 6.45) is 0.0105. The van der Waals surface area contributed by atoms with Gasteiger partial charge < -0.3 is 15.3 Å². The van der Waals surface area contributed by atoms with E-state index < -0.39 is 16.0 Å². The Morgan fingerprint density at radius 1 is 1.06 bits per heavy atom. The number of rotatable bonds is 9. The van der Waals surface area contributed by atoms with Crippen LogP contribution in [0.1, 0.15) is 46.3 Å². The number of sulfonamides is 1. The number of carbonyl (C=O) groups excluding carboxylic acids is 1. The molecule has 9 heteroatoms. The average molecular weight is 508 g/mol. The summed E-state index contributed by atoms with van der Waals surface area (Å²) in [5.74, 6) is -1.33. The van der Waals surface area contributed by atoms with Crippen molar-refractivity contribution >= 4 is 33.3 Å². The molecule has 1 aliphatic rings. The van der Waals surface area contributed by atoms with E-state index in [1.165, 1.54) is 12.1 Å². The molecule has 0 radical (unpaired) electrons. The molecule has 0 saturated heterocycles. The zero-order valence-electron chi connectivity index (χ0n) is 20.2. The first-order valence-corrected chi connectivity index (χ1v) is 13.2. The van der Waals surface area contributed by atoms with Crippen LogP contribution in [0.5, 0.6) is 0 Å². The van der Waals surface area contributed by atoms with Crippen LogP contribution in [0.3, 0.4) is 0 Å². The molecule has 1 atom stereocenters. The van der Waals surface area contributed by atoms with Crippen LogP contribution in [-0.4, -0.2) is 38.5 Å². The van der Waals surface area contributed by atoms with E-state index >= 15 is 0 Å². The minimum Gasteiger partial charge on any atom is -0.481 e. The first-order valence-electron chi connectivity index (χ1n) is 11.7. The number of hydrogen-bond donors (Lipinski definition) is 3. The highest BCUT2D eigenvalue weighted by Crippen LogP contribution is 2.39. The molecule has 1 aliphatic heterocycles. The molecule has 0 spiro atoms. The van der Waals surface area contributed by atoms with Gasteiger partial charge in [-0.15, -0.1) is 0 Å². The Labute approximate surface area is 211 Å². The maximum atomic E-state index is 13.2. The van der Waals surface area contributed by atoms with Crippen molar-refractivity contribution < 1.29 is 23.1 Å². The zero-order valence-corrected chi connectivity index (χ0v) is 21.0. The number of benzene rings is 3. The van der Waals surface area contributed by atoms with Crippen molar-refractivity contribution in [3.05, 3.63) is 89.0 Å². The van der Waals surface area contributed by atoms with Crippen LogP contribution in [0.15, 0.2) is 71.6 Å². The number of carbonyl (C=O) groups is 2. The summed E-state index contributed by atoms with van der Waals surface area (Å²) in [6.45, 7) is 4.97. The van der Waals surface area contributed by atoms with E-state index in [1.54, 1.807) is 30.3 Å². The number of aryl methyl sites for hydroxylation is 1. The highest BCUT2D eigenvalue weighted by molar-refractivity contribution is 7.92. The van der Waals surface area contributed by atoms with Crippen molar-refractivity contribution in [3.8, 4) is 0 Å². The van der Waals surface area contributed by atoms with Crippen molar-refractivity contribution in [1.82, 2.24) is 5.32 Å². The van der Waals surface area contributed by atoms with Gasteiger partial charge in [-0.3, -0.25) is 14.3 Å². The normalized spacial score (nSPS) is 14.8. The fourth-order valence-electron chi connectivity index (χ4n) is 4.46. The number of para-hydroxylation sites is 1. The predicted octanol–water partition coefficient (Wildman–Crippen LogP) is 4.12. The van der Waals surface area contributed by atoms with Gasteiger partial charge in [0.25, 0.3) is 15.9 Å². The topological polar surface area (TPSA) is 116 Å². The molecule has 1 heterocycles. The van der Waals surface area contributed by atoms with Gasteiger partial charge in [-0.1, -0.05) is 42.0 Å². The summed E-state index contributed by atoms with van der Waals surface area (Å²) >= 11 is 0. The summed E-state index contributed by atoms with van der Waals surface area (Å²) in [6, 6.07) is 19.1. The largest absolute Gasteiger partial charge is 0.481 e. The lowest BCUT2D eigenvalue weighted by atomic mass is 9.98. The number of nitrogens with one attached hydrogen (secondary N) is 2. The molecule has 0 bridgehead atoms. The number of nitrogens with zero attached hydrogens (tertiary/aromatic N) is 1. The van der Waals surface area contributed by atoms with Gasteiger partial charge >= 0.3 is 5.97 Å². The lowest BCUT2D eigenvalue weighted by Crippen LogP contribution is -2.25. The third kappa shape index (κ3) is 5.52. The summed E-state index contributed by atoms with van der Waals surface area (Å²) in [5, 5.41) is 12.1. The number of anilines is 2. The monoisotopic (exact) mass is 507 g/mol. The second kappa shape index (κ2) is 10.4. The molecule has 3 aromatic rings. The summed E-state index contributed by atoms with van der Waals surface area (Å²) in [7, 11) is -3.91. The molecular weight excluding hydrogens is 478 g/mol. The highest BCUT2D eigenvalue weighted by atomic mass is 32.2. The van der Waals surface area contributed by atoms with Crippen LogP contribution in [0.25, 0.3) is 0 Å². The second-order valence-electron chi connectivity index (χ2n) is 8.88. The van der Waals surface area contributed by atoms with Crippen molar-refractivity contribution in [1.29, 1.82) is 0 Å². The van der Waals surface area contributed by atoms with Crippen LogP contribution in [0.2, 0.25) is 0 Å². The van der Waals surface area contributed by atoms with Gasteiger partial charge in [0.15, 0.2) is 0 Å². The molecule has 0 aromatic heterocycles. The van der Waals surface area contributed by atoms with Gasteiger partial charge in [0.1, 0.15) is 0 Å². The number of aliphatic carboxylic acids is 1. The Morgan fingerprint density at radius 2 is 1.78 bits per heavy atom. The van der Waals surface area contributed by atoms with Gasteiger partial charge in [-0.05, 0) is 55.3 Å². The number of fused-ring (bicyclic) bond motifs is 1. The number of hydrogen-bond acceptors (Lipinski definition) is 5. The molecule has 3 N–H and O–H groups in total. The van der Waals surface area contributed by atoms with Gasteiger partial charge in [0.2, 0.25) is 0 Å². The first-order chi connectivity index (χ1) is 17.2. The van der Waals surface area contributed by atoms with Crippen LogP contribution < -0.4 is 14.9 Å².